The second kappa shape index (κ2) is 8.43. The van der Waals surface area contributed by atoms with Gasteiger partial charge in [-0.2, -0.15) is 0 Å². The van der Waals surface area contributed by atoms with Crippen molar-refractivity contribution in [2.45, 2.75) is 30.8 Å². The summed E-state index contributed by atoms with van der Waals surface area (Å²) in [5.74, 6) is -0.0808. The van der Waals surface area contributed by atoms with Crippen LogP contribution in [-0.2, 0) is 10.0 Å². The van der Waals surface area contributed by atoms with Gasteiger partial charge >= 0.3 is 0 Å². The molecule has 1 aliphatic heterocycles. The maximum Gasteiger partial charge on any atom is 0.254 e. The quantitative estimate of drug-likeness (QED) is 0.836. The van der Waals surface area contributed by atoms with Crippen molar-refractivity contribution in [1.29, 1.82) is 0 Å². The largest absolute Gasteiger partial charge is 0.329 e. The van der Waals surface area contributed by atoms with Gasteiger partial charge in [0.2, 0.25) is 10.0 Å². The van der Waals surface area contributed by atoms with E-state index in [4.69, 9.17) is 0 Å². The lowest BCUT2D eigenvalue weighted by atomic mass is 10.0. The van der Waals surface area contributed by atoms with Gasteiger partial charge in [-0.3, -0.25) is 4.79 Å². The highest BCUT2D eigenvalue weighted by atomic mass is 32.2. The molecule has 0 aliphatic carbocycles. The molecule has 1 aliphatic rings. The molecular formula is C21H27N3O3S. The van der Waals surface area contributed by atoms with Crippen LogP contribution in [0.25, 0.3) is 0 Å². The van der Waals surface area contributed by atoms with E-state index in [2.05, 4.69) is 16.7 Å². The first-order chi connectivity index (χ1) is 13.3. The Hall–Kier alpha value is -2.22. The molecule has 0 bridgehead atoms. The number of carbonyl (C=O) groups is 1. The molecule has 1 N–H and O–H groups in total. The second-order valence-electron chi connectivity index (χ2n) is 7.49. The van der Waals surface area contributed by atoms with Crippen LogP contribution in [0.4, 0.5) is 0 Å². The van der Waals surface area contributed by atoms with Gasteiger partial charge in [-0.05, 0) is 50.7 Å². The highest BCUT2D eigenvalue weighted by Crippen LogP contribution is 2.27. The second-order valence-corrected chi connectivity index (χ2v) is 9.20. The fourth-order valence-electron chi connectivity index (χ4n) is 3.44. The number of benzene rings is 2. The van der Waals surface area contributed by atoms with Crippen molar-refractivity contribution in [2.75, 3.05) is 26.7 Å². The molecule has 0 unspecified atom stereocenters. The standard InChI is InChI=1S/C21H27N3O3S/c1-16(2)22-28(26,27)19-11-9-18(10-12-19)21(25)24-14-13-23(3)15-20(24)17-7-5-4-6-8-17/h4-12,16,20,22H,13-15H2,1-3H3/t20-/m1/s1. The Kier molecular flexibility index (Phi) is 6.17. The van der Waals surface area contributed by atoms with E-state index >= 15 is 0 Å². The van der Waals surface area contributed by atoms with Gasteiger partial charge in [0.25, 0.3) is 5.91 Å². The zero-order valence-electron chi connectivity index (χ0n) is 16.5. The summed E-state index contributed by atoms with van der Waals surface area (Å²) >= 11 is 0. The summed E-state index contributed by atoms with van der Waals surface area (Å²) in [5, 5.41) is 0. The Morgan fingerprint density at radius 1 is 1.04 bits per heavy atom. The van der Waals surface area contributed by atoms with Crippen LogP contribution in [0.1, 0.15) is 35.8 Å². The predicted octanol–water partition coefficient (Wildman–Crippen LogP) is 2.50. The third-order valence-electron chi connectivity index (χ3n) is 4.83. The molecule has 0 spiro atoms. The number of hydrogen-bond donors (Lipinski definition) is 1. The minimum Gasteiger partial charge on any atom is -0.329 e. The third-order valence-corrected chi connectivity index (χ3v) is 6.51. The molecule has 1 heterocycles. The Balaban J connectivity index is 1.84. The monoisotopic (exact) mass is 401 g/mol. The van der Waals surface area contributed by atoms with Gasteiger partial charge < -0.3 is 9.80 Å². The van der Waals surface area contributed by atoms with E-state index in [1.54, 1.807) is 26.0 Å². The van der Waals surface area contributed by atoms with Gasteiger partial charge in [0.05, 0.1) is 10.9 Å². The summed E-state index contributed by atoms with van der Waals surface area (Å²) in [6, 6.07) is 16.0. The van der Waals surface area contributed by atoms with Crippen molar-refractivity contribution in [3.63, 3.8) is 0 Å². The van der Waals surface area contributed by atoms with E-state index in [0.717, 1.165) is 18.7 Å². The molecule has 2 aromatic rings. The zero-order valence-corrected chi connectivity index (χ0v) is 17.3. The molecule has 150 valence electrons. The van der Waals surface area contributed by atoms with Crippen LogP contribution in [0.15, 0.2) is 59.5 Å². The number of rotatable bonds is 5. The van der Waals surface area contributed by atoms with Crippen molar-refractivity contribution in [3.8, 4) is 0 Å². The van der Waals surface area contributed by atoms with Gasteiger partial charge in [0, 0.05) is 31.2 Å². The van der Waals surface area contributed by atoms with Gasteiger partial charge in [0.15, 0.2) is 0 Å². The van der Waals surface area contributed by atoms with Gasteiger partial charge in [0.1, 0.15) is 0 Å². The fraction of sp³-hybridized carbons (Fsp3) is 0.381. The molecule has 6 nitrogen and oxygen atoms in total. The zero-order chi connectivity index (χ0) is 20.3. The first kappa shape index (κ1) is 20.5. The number of nitrogens with zero attached hydrogens (tertiary/aromatic N) is 2. The minimum absolute atomic E-state index is 0.0292. The highest BCUT2D eigenvalue weighted by molar-refractivity contribution is 7.89. The van der Waals surface area contributed by atoms with E-state index in [-0.39, 0.29) is 22.9 Å². The molecule has 1 amide bonds. The normalized spacial score (nSPS) is 18.4. The number of sulfonamides is 1. The van der Waals surface area contributed by atoms with Crippen LogP contribution < -0.4 is 4.72 Å². The van der Waals surface area contributed by atoms with Crippen LogP contribution in [0.2, 0.25) is 0 Å². The van der Waals surface area contributed by atoms with Gasteiger partial charge in [-0.15, -0.1) is 0 Å². The molecule has 2 aromatic carbocycles. The average Bonchev–Trinajstić information content (AvgIpc) is 2.67. The highest BCUT2D eigenvalue weighted by Gasteiger charge is 2.31. The van der Waals surface area contributed by atoms with Crippen LogP contribution in [0.5, 0.6) is 0 Å². The first-order valence-corrected chi connectivity index (χ1v) is 10.9. The van der Waals surface area contributed by atoms with Crippen LogP contribution in [0, 0.1) is 0 Å². The Morgan fingerprint density at radius 3 is 2.29 bits per heavy atom. The number of hydrogen-bond acceptors (Lipinski definition) is 4. The number of likely N-dealkylation sites (N-methyl/N-ethyl adjacent to an activating group) is 1. The van der Waals surface area contributed by atoms with E-state index < -0.39 is 10.0 Å². The summed E-state index contributed by atoms with van der Waals surface area (Å²) in [7, 11) is -1.51. The molecule has 3 rings (SSSR count). The van der Waals surface area contributed by atoms with Crippen molar-refractivity contribution < 1.29 is 13.2 Å². The lowest BCUT2D eigenvalue weighted by Crippen LogP contribution is -2.49. The van der Waals surface area contributed by atoms with E-state index in [9.17, 15) is 13.2 Å². The number of amides is 1. The third kappa shape index (κ3) is 4.60. The Morgan fingerprint density at radius 2 is 1.68 bits per heavy atom. The van der Waals surface area contributed by atoms with Gasteiger partial charge in [-0.25, -0.2) is 13.1 Å². The van der Waals surface area contributed by atoms with Crippen molar-refractivity contribution in [3.05, 3.63) is 65.7 Å². The summed E-state index contributed by atoms with van der Waals surface area (Å²) in [6.07, 6.45) is 0. The predicted molar refractivity (Wildman–Crippen MR) is 110 cm³/mol. The van der Waals surface area contributed by atoms with Crippen LogP contribution in [-0.4, -0.2) is 56.8 Å². The molecular weight excluding hydrogens is 374 g/mol. The van der Waals surface area contributed by atoms with Crippen molar-refractivity contribution >= 4 is 15.9 Å². The summed E-state index contributed by atoms with van der Waals surface area (Å²) in [6.45, 7) is 5.74. The first-order valence-electron chi connectivity index (χ1n) is 9.45. The minimum atomic E-state index is -3.57. The van der Waals surface area contributed by atoms with Crippen molar-refractivity contribution in [2.24, 2.45) is 0 Å². The molecule has 0 aromatic heterocycles. The van der Waals surface area contributed by atoms with Crippen molar-refractivity contribution in [1.82, 2.24) is 14.5 Å². The molecule has 0 saturated carbocycles. The maximum absolute atomic E-state index is 13.2. The molecule has 1 atom stereocenters. The lowest BCUT2D eigenvalue weighted by Gasteiger charge is -2.40. The SMILES string of the molecule is CC(C)NS(=O)(=O)c1ccc(C(=O)N2CCN(C)C[C@@H]2c2ccccc2)cc1. The van der Waals surface area contributed by atoms with Crippen LogP contribution in [0.3, 0.4) is 0 Å². The topological polar surface area (TPSA) is 69.7 Å². The lowest BCUT2D eigenvalue weighted by molar-refractivity contribution is 0.0498. The Bertz CT molecular complexity index is 912. The number of carbonyl (C=O) groups excluding carboxylic acids is 1. The fourth-order valence-corrected chi connectivity index (χ4v) is 4.69. The summed E-state index contributed by atoms with van der Waals surface area (Å²) in [4.78, 5) is 17.4. The molecule has 1 saturated heterocycles. The molecule has 7 heteroatoms. The van der Waals surface area contributed by atoms with E-state index in [1.165, 1.54) is 12.1 Å². The molecule has 28 heavy (non-hydrogen) atoms. The summed E-state index contributed by atoms with van der Waals surface area (Å²) in [5.41, 5.74) is 1.59. The smallest absolute Gasteiger partial charge is 0.254 e. The van der Waals surface area contributed by atoms with Crippen LogP contribution >= 0.6 is 0 Å². The summed E-state index contributed by atoms with van der Waals surface area (Å²) < 4.78 is 27.1. The number of nitrogens with one attached hydrogen (secondary N) is 1. The average molecular weight is 402 g/mol. The maximum atomic E-state index is 13.2. The molecule has 0 radical (unpaired) electrons. The van der Waals surface area contributed by atoms with E-state index in [0.29, 0.717) is 12.1 Å². The number of piperazine rings is 1. The molecule has 1 fully saturated rings. The Labute approximate surface area is 167 Å². The van der Waals surface area contributed by atoms with E-state index in [1.807, 2.05) is 35.2 Å². The van der Waals surface area contributed by atoms with Gasteiger partial charge in [-0.1, -0.05) is 30.3 Å².